The minimum absolute atomic E-state index is 0.0722. The first-order valence-electron chi connectivity index (χ1n) is 8.58. The van der Waals surface area contributed by atoms with Crippen LogP contribution in [0.25, 0.3) is 0 Å². The molecule has 4 rings (SSSR count). The van der Waals surface area contributed by atoms with Crippen LogP contribution in [-0.4, -0.2) is 35.3 Å². The molecule has 0 unspecified atom stereocenters. The maximum Gasteiger partial charge on any atom is 0.135 e. The van der Waals surface area contributed by atoms with Crippen LogP contribution in [0.3, 0.4) is 0 Å². The van der Waals surface area contributed by atoms with Gasteiger partial charge in [-0.1, -0.05) is 43.2 Å². The van der Waals surface area contributed by atoms with Gasteiger partial charge in [-0.15, -0.1) is 0 Å². The fraction of sp³-hybridized carbons (Fsp3) is 0.474. The molecule has 1 aliphatic carbocycles. The van der Waals surface area contributed by atoms with Gasteiger partial charge in [-0.25, -0.2) is 9.97 Å². The molecule has 0 atom stereocenters. The molecular formula is C19H23N3O. The van der Waals surface area contributed by atoms with Gasteiger partial charge in [-0.3, -0.25) is 0 Å². The monoisotopic (exact) mass is 309 g/mol. The van der Waals surface area contributed by atoms with Crippen LogP contribution in [0.2, 0.25) is 0 Å². The van der Waals surface area contributed by atoms with E-state index >= 15 is 0 Å². The van der Waals surface area contributed by atoms with E-state index in [-0.39, 0.29) is 5.60 Å². The number of nitrogens with zero attached hydrogens (tertiary/aromatic N) is 3. The highest BCUT2D eigenvalue weighted by Crippen LogP contribution is 2.36. The highest BCUT2D eigenvalue weighted by atomic mass is 16.5. The van der Waals surface area contributed by atoms with E-state index in [0.29, 0.717) is 0 Å². The number of anilines is 1. The van der Waals surface area contributed by atoms with Crippen molar-refractivity contribution in [3.8, 4) is 0 Å². The maximum atomic E-state index is 6.12. The third kappa shape index (κ3) is 3.22. The second kappa shape index (κ2) is 6.28. The quantitative estimate of drug-likeness (QED) is 0.872. The predicted octanol–water partition coefficient (Wildman–Crippen LogP) is 3.22. The Morgan fingerprint density at radius 1 is 1.09 bits per heavy atom. The van der Waals surface area contributed by atoms with Gasteiger partial charge in [-0.05, 0) is 24.5 Å². The van der Waals surface area contributed by atoms with E-state index in [1.54, 1.807) is 0 Å². The molecule has 0 amide bonds. The number of hydrogen-bond acceptors (Lipinski definition) is 4. The summed E-state index contributed by atoms with van der Waals surface area (Å²) >= 11 is 0. The van der Waals surface area contributed by atoms with Crippen LogP contribution in [0.4, 0.5) is 5.82 Å². The van der Waals surface area contributed by atoms with E-state index in [0.717, 1.165) is 37.8 Å². The summed E-state index contributed by atoms with van der Waals surface area (Å²) in [6, 6.07) is 12.4. The Morgan fingerprint density at radius 3 is 2.74 bits per heavy atom. The fourth-order valence-electron chi connectivity index (χ4n) is 3.79. The predicted molar refractivity (Wildman–Crippen MR) is 90.6 cm³/mol. The smallest absolute Gasteiger partial charge is 0.135 e. The van der Waals surface area contributed by atoms with Gasteiger partial charge < -0.3 is 9.64 Å². The first-order chi connectivity index (χ1) is 11.3. The van der Waals surface area contributed by atoms with Crippen LogP contribution >= 0.6 is 0 Å². The molecule has 4 nitrogen and oxygen atoms in total. The highest BCUT2D eigenvalue weighted by Gasteiger charge is 2.39. The van der Waals surface area contributed by atoms with Crippen molar-refractivity contribution in [3.05, 3.63) is 54.0 Å². The second-order valence-corrected chi connectivity index (χ2v) is 6.65. The molecule has 4 heteroatoms. The second-order valence-electron chi connectivity index (χ2n) is 6.65. The summed E-state index contributed by atoms with van der Waals surface area (Å²) in [5.41, 5.74) is 1.32. The molecule has 1 aliphatic heterocycles. The molecule has 1 aromatic carbocycles. The van der Waals surface area contributed by atoms with Crippen LogP contribution in [0, 0.1) is 0 Å². The Kier molecular flexibility index (Phi) is 4.00. The van der Waals surface area contributed by atoms with Crippen LogP contribution < -0.4 is 4.90 Å². The number of aromatic nitrogens is 2. The van der Waals surface area contributed by atoms with Crippen LogP contribution in [0.5, 0.6) is 0 Å². The summed E-state index contributed by atoms with van der Waals surface area (Å²) in [6.07, 6.45) is 7.62. The number of rotatable bonds is 3. The fourth-order valence-corrected chi connectivity index (χ4v) is 3.79. The van der Waals surface area contributed by atoms with Crippen molar-refractivity contribution in [2.24, 2.45) is 0 Å². The highest BCUT2D eigenvalue weighted by molar-refractivity contribution is 5.39. The van der Waals surface area contributed by atoms with Gasteiger partial charge in [0, 0.05) is 25.7 Å². The zero-order chi connectivity index (χ0) is 15.5. The van der Waals surface area contributed by atoms with Gasteiger partial charge in [0.25, 0.3) is 0 Å². The van der Waals surface area contributed by atoms with Gasteiger partial charge >= 0.3 is 0 Å². The van der Waals surface area contributed by atoms with E-state index in [1.165, 1.54) is 31.2 Å². The summed E-state index contributed by atoms with van der Waals surface area (Å²) < 4.78 is 6.12. The zero-order valence-corrected chi connectivity index (χ0v) is 13.4. The lowest BCUT2D eigenvalue weighted by Gasteiger charge is -2.41. The Labute approximate surface area is 137 Å². The maximum absolute atomic E-state index is 6.12. The van der Waals surface area contributed by atoms with Crippen molar-refractivity contribution in [1.82, 2.24) is 9.97 Å². The largest absolute Gasteiger partial charge is 0.371 e. The van der Waals surface area contributed by atoms with Gasteiger partial charge in [0.1, 0.15) is 11.6 Å². The van der Waals surface area contributed by atoms with Crippen LogP contribution in [0.15, 0.2) is 42.6 Å². The lowest BCUT2D eigenvalue weighted by molar-refractivity contribution is -0.0503. The average molecular weight is 309 g/mol. The van der Waals surface area contributed by atoms with Crippen molar-refractivity contribution in [3.63, 3.8) is 0 Å². The summed E-state index contributed by atoms with van der Waals surface area (Å²) in [6.45, 7) is 2.69. The van der Waals surface area contributed by atoms with Gasteiger partial charge in [0.2, 0.25) is 0 Å². The number of hydrogen-bond donors (Lipinski definition) is 0. The third-order valence-corrected chi connectivity index (χ3v) is 4.98. The molecule has 1 saturated heterocycles. The number of benzene rings is 1. The molecular weight excluding hydrogens is 286 g/mol. The van der Waals surface area contributed by atoms with E-state index in [1.807, 2.05) is 18.3 Å². The van der Waals surface area contributed by atoms with Crippen molar-refractivity contribution >= 4 is 5.82 Å². The Balaban J connectivity index is 1.51. The molecule has 2 aromatic rings. The minimum Gasteiger partial charge on any atom is -0.371 e. The molecule has 23 heavy (non-hydrogen) atoms. The molecule has 2 aliphatic rings. The summed E-state index contributed by atoms with van der Waals surface area (Å²) in [4.78, 5) is 11.6. The van der Waals surface area contributed by atoms with E-state index < -0.39 is 0 Å². The van der Waals surface area contributed by atoms with Crippen molar-refractivity contribution < 1.29 is 4.74 Å². The summed E-state index contributed by atoms with van der Waals surface area (Å²) in [7, 11) is 0. The SMILES string of the molecule is c1ccc(Cc2nccc(N3CCOC4(CCCC4)C3)n2)cc1. The molecule has 1 saturated carbocycles. The number of morpholine rings is 1. The van der Waals surface area contributed by atoms with Crippen molar-refractivity contribution in [2.45, 2.75) is 37.7 Å². The Hall–Kier alpha value is -1.94. The molecule has 1 aromatic heterocycles. The zero-order valence-electron chi connectivity index (χ0n) is 13.4. The first kappa shape index (κ1) is 14.6. The normalized spacial score (nSPS) is 20.1. The third-order valence-electron chi connectivity index (χ3n) is 4.98. The number of ether oxygens (including phenoxy) is 1. The summed E-state index contributed by atoms with van der Waals surface area (Å²) in [5, 5.41) is 0. The van der Waals surface area contributed by atoms with Crippen LogP contribution in [0.1, 0.15) is 37.1 Å². The van der Waals surface area contributed by atoms with Crippen molar-refractivity contribution in [1.29, 1.82) is 0 Å². The standard InChI is InChI=1S/C19H23N3O/c1-2-6-16(7-3-1)14-17-20-11-8-18(21-17)22-12-13-23-19(15-22)9-4-5-10-19/h1-3,6-8,11H,4-5,9-10,12-15H2. The van der Waals surface area contributed by atoms with E-state index in [2.05, 4.69) is 34.1 Å². The van der Waals surface area contributed by atoms with Gasteiger partial charge in [0.05, 0.1) is 12.2 Å². The minimum atomic E-state index is 0.0722. The lowest BCUT2D eigenvalue weighted by atomic mass is 10.00. The molecule has 120 valence electrons. The van der Waals surface area contributed by atoms with Crippen molar-refractivity contribution in [2.75, 3.05) is 24.6 Å². The molecule has 2 fully saturated rings. The topological polar surface area (TPSA) is 38.2 Å². The first-order valence-corrected chi connectivity index (χ1v) is 8.58. The summed E-state index contributed by atoms with van der Waals surface area (Å²) in [5.74, 6) is 1.93. The van der Waals surface area contributed by atoms with Gasteiger partial charge in [0.15, 0.2) is 0 Å². The average Bonchev–Trinajstić information content (AvgIpc) is 3.04. The van der Waals surface area contributed by atoms with Crippen LogP contribution in [-0.2, 0) is 11.2 Å². The Morgan fingerprint density at radius 2 is 1.91 bits per heavy atom. The van der Waals surface area contributed by atoms with E-state index in [9.17, 15) is 0 Å². The van der Waals surface area contributed by atoms with Gasteiger partial charge in [-0.2, -0.15) is 0 Å². The molecule has 0 bridgehead atoms. The molecule has 2 heterocycles. The lowest BCUT2D eigenvalue weighted by Crippen LogP contribution is -2.50. The van der Waals surface area contributed by atoms with E-state index in [4.69, 9.17) is 9.72 Å². The molecule has 1 spiro atoms. The Bertz CT molecular complexity index is 653. The molecule has 0 radical (unpaired) electrons. The molecule has 0 N–H and O–H groups in total.